The van der Waals surface area contributed by atoms with Crippen LogP contribution in [0.5, 0.6) is 5.75 Å². The number of ether oxygens (including phenoxy) is 1. The molecule has 0 bridgehead atoms. The van der Waals surface area contributed by atoms with Crippen molar-refractivity contribution in [1.29, 1.82) is 0 Å². The SMILES string of the molecule is COc1cccc(N2C(=O)C[C@@H](c3c[nH]c4ccccc34)C2=O)c1. The standard InChI is InChI=1S/C19H16N2O3/c1-24-13-6-4-5-12(9-13)21-18(22)10-15(19(21)23)16-11-20-17-8-3-2-7-14(16)17/h2-9,11,15,20H,10H2,1H3/t15-/m0/s1. The Bertz CT molecular complexity index is 944. The van der Waals surface area contributed by atoms with Gasteiger partial charge in [-0.15, -0.1) is 0 Å². The molecule has 1 aromatic heterocycles. The summed E-state index contributed by atoms with van der Waals surface area (Å²) in [6.45, 7) is 0. The van der Waals surface area contributed by atoms with E-state index >= 15 is 0 Å². The number of nitrogens with zero attached hydrogens (tertiary/aromatic N) is 1. The Morgan fingerprint density at radius 1 is 1.12 bits per heavy atom. The summed E-state index contributed by atoms with van der Waals surface area (Å²) in [4.78, 5) is 29.8. The minimum atomic E-state index is -0.458. The minimum absolute atomic E-state index is 0.178. The van der Waals surface area contributed by atoms with Crippen LogP contribution in [0, 0.1) is 0 Å². The van der Waals surface area contributed by atoms with Gasteiger partial charge in [0, 0.05) is 29.6 Å². The van der Waals surface area contributed by atoms with Gasteiger partial charge >= 0.3 is 0 Å². The number of methoxy groups -OCH3 is 1. The van der Waals surface area contributed by atoms with E-state index < -0.39 is 5.92 Å². The molecule has 2 aromatic carbocycles. The number of aromatic nitrogens is 1. The molecule has 0 saturated carbocycles. The zero-order valence-electron chi connectivity index (χ0n) is 13.2. The van der Waals surface area contributed by atoms with Gasteiger partial charge in [0.1, 0.15) is 5.75 Å². The van der Waals surface area contributed by atoms with E-state index in [9.17, 15) is 9.59 Å². The summed E-state index contributed by atoms with van der Waals surface area (Å²) in [5, 5.41) is 0.983. The first-order chi connectivity index (χ1) is 11.7. The largest absolute Gasteiger partial charge is 0.497 e. The molecule has 1 fully saturated rings. The molecule has 2 amide bonds. The van der Waals surface area contributed by atoms with Crippen molar-refractivity contribution >= 4 is 28.4 Å². The van der Waals surface area contributed by atoms with Gasteiger partial charge in [-0.3, -0.25) is 9.59 Å². The summed E-state index contributed by atoms with van der Waals surface area (Å²) in [7, 11) is 1.56. The predicted octanol–water partition coefficient (Wildman–Crippen LogP) is 3.22. The van der Waals surface area contributed by atoms with Gasteiger partial charge in [-0.1, -0.05) is 24.3 Å². The second-order valence-corrected chi connectivity index (χ2v) is 5.82. The molecule has 1 aliphatic rings. The Morgan fingerprint density at radius 3 is 2.79 bits per heavy atom. The summed E-state index contributed by atoms with van der Waals surface area (Å²) in [6, 6.07) is 14.8. The summed E-state index contributed by atoms with van der Waals surface area (Å²) in [5.41, 5.74) is 2.38. The van der Waals surface area contributed by atoms with Crippen molar-refractivity contribution in [1.82, 2.24) is 4.98 Å². The smallest absolute Gasteiger partial charge is 0.241 e. The van der Waals surface area contributed by atoms with Crippen LogP contribution in [0.1, 0.15) is 17.9 Å². The number of amides is 2. The van der Waals surface area contributed by atoms with E-state index in [0.717, 1.165) is 16.5 Å². The van der Waals surface area contributed by atoms with E-state index in [0.29, 0.717) is 11.4 Å². The quantitative estimate of drug-likeness (QED) is 0.754. The van der Waals surface area contributed by atoms with Crippen molar-refractivity contribution in [3.63, 3.8) is 0 Å². The molecule has 120 valence electrons. The highest BCUT2D eigenvalue weighted by atomic mass is 16.5. The third-order valence-electron chi connectivity index (χ3n) is 4.45. The van der Waals surface area contributed by atoms with Crippen LogP contribution in [0.3, 0.4) is 0 Å². The fourth-order valence-corrected chi connectivity index (χ4v) is 3.28. The fraction of sp³-hybridized carbons (Fsp3) is 0.158. The molecule has 4 rings (SSSR count). The normalized spacial score (nSPS) is 17.7. The van der Waals surface area contributed by atoms with Gasteiger partial charge in [0.05, 0.1) is 18.7 Å². The van der Waals surface area contributed by atoms with E-state index in [-0.39, 0.29) is 18.2 Å². The zero-order chi connectivity index (χ0) is 16.7. The maximum atomic E-state index is 12.9. The number of aromatic amines is 1. The lowest BCUT2D eigenvalue weighted by Gasteiger charge is -2.15. The number of carbonyl (C=O) groups excluding carboxylic acids is 2. The van der Waals surface area contributed by atoms with Gasteiger partial charge < -0.3 is 9.72 Å². The number of benzene rings is 2. The molecule has 2 heterocycles. The van der Waals surface area contributed by atoms with Gasteiger partial charge in [-0.25, -0.2) is 4.90 Å². The van der Waals surface area contributed by atoms with Gasteiger partial charge in [0.25, 0.3) is 0 Å². The lowest BCUT2D eigenvalue weighted by atomic mass is 9.97. The molecule has 1 saturated heterocycles. The average molecular weight is 320 g/mol. The number of imide groups is 1. The van der Waals surface area contributed by atoms with Gasteiger partial charge in [0.15, 0.2) is 0 Å². The highest BCUT2D eigenvalue weighted by Gasteiger charge is 2.41. The maximum absolute atomic E-state index is 12.9. The molecule has 1 aliphatic heterocycles. The second kappa shape index (κ2) is 5.53. The van der Waals surface area contributed by atoms with Crippen molar-refractivity contribution in [3.8, 4) is 5.75 Å². The van der Waals surface area contributed by atoms with Crippen molar-refractivity contribution in [3.05, 3.63) is 60.3 Å². The maximum Gasteiger partial charge on any atom is 0.241 e. The van der Waals surface area contributed by atoms with E-state index in [1.807, 2.05) is 30.5 Å². The number of fused-ring (bicyclic) bond motifs is 1. The van der Waals surface area contributed by atoms with Crippen molar-refractivity contribution in [2.45, 2.75) is 12.3 Å². The highest BCUT2D eigenvalue weighted by Crippen LogP contribution is 2.37. The molecule has 1 atom stereocenters. The number of H-pyrrole nitrogens is 1. The van der Waals surface area contributed by atoms with Crippen LogP contribution in [0.25, 0.3) is 10.9 Å². The Balaban J connectivity index is 1.73. The topological polar surface area (TPSA) is 62.4 Å². The van der Waals surface area contributed by atoms with Crippen LogP contribution in [-0.4, -0.2) is 23.9 Å². The fourth-order valence-electron chi connectivity index (χ4n) is 3.28. The Hall–Kier alpha value is -3.08. The van der Waals surface area contributed by atoms with Gasteiger partial charge in [-0.2, -0.15) is 0 Å². The molecule has 3 aromatic rings. The first kappa shape index (κ1) is 14.5. The summed E-state index contributed by atoms with van der Waals surface area (Å²) >= 11 is 0. The molecule has 1 N–H and O–H groups in total. The predicted molar refractivity (Wildman–Crippen MR) is 91.1 cm³/mol. The van der Waals surface area contributed by atoms with Crippen molar-refractivity contribution in [2.75, 3.05) is 12.0 Å². The van der Waals surface area contributed by atoms with Crippen LogP contribution in [0.15, 0.2) is 54.7 Å². The highest BCUT2D eigenvalue weighted by molar-refractivity contribution is 6.23. The Labute approximate surface area is 138 Å². The minimum Gasteiger partial charge on any atom is -0.497 e. The van der Waals surface area contributed by atoms with Crippen LogP contribution >= 0.6 is 0 Å². The van der Waals surface area contributed by atoms with E-state index in [4.69, 9.17) is 4.74 Å². The summed E-state index contributed by atoms with van der Waals surface area (Å²) < 4.78 is 5.19. The monoisotopic (exact) mass is 320 g/mol. The second-order valence-electron chi connectivity index (χ2n) is 5.82. The molecule has 0 unspecified atom stereocenters. The molecule has 0 aliphatic carbocycles. The van der Waals surface area contributed by atoms with Crippen molar-refractivity contribution < 1.29 is 14.3 Å². The van der Waals surface area contributed by atoms with Crippen LogP contribution in [-0.2, 0) is 9.59 Å². The number of anilines is 1. The van der Waals surface area contributed by atoms with Gasteiger partial charge in [0.2, 0.25) is 11.8 Å². The van der Waals surface area contributed by atoms with Crippen LogP contribution in [0.4, 0.5) is 5.69 Å². The van der Waals surface area contributed by atoms with Crippen LogP contribution < -0.4 is 9.64 Å². The third kappa shape index (κ3) is 2.17. The summed E-state index contributed by atoms with van der Waals surface area (Å²) in [5.74, 6) is -0.231. The number of rotatable bonds is 3. The summed E-state index contributed by atoms with van der Waals surface area (Å²) in [6.07, 6.45) is 2.01. The molecule has 0 radical (unpaired) electrons. The molecule has 5 heteroatoms. The lowest BCUT2D eigenvalue weighted by molar-refractivity contribution is -0.121. The number of carbonyl (C=O) groups is 2. The van der Waals surface area contributed by atoms with E-state index in [2.05, 4.69) is 4.98 Å². The van der Waals surface area contributed by atoms with Crippen LogP contribution in [0.2, 0.25) is 0 Å². The average Bonchev–Trinajstić information content (AvgIpc) is 3.15. The lowest BCUT2D eigenvalue weighted by Crippen LogP contribution is -2.29. The first-order valence-corrected chi connectivity index (χ1v) is 7.76. The molecule has 5 nitrogen and oxygen atoms in total. The number of hydrogen-bond donors (Lipinski definition) is 1. The zero-order valence-corrected chi connectivity index (χ0v) is 13.2. The molecule has 24 heavy (non-hydrogen) atoms. The third-order valence-corrected chi connectivity index (χ3v) is 4.45. The van der Waals surface area contributed by atoms with E-state index in [1.54, 1.807) is 31.4 Å². The first-order valence-electron chi connectivity index (χ1n) is 7.76. The molecular formula is C19H16N2O3. The Morgan fingerprint density at radius 2 is 1.96 bits per heavy atom. The molecular weight excluding hydrogens is 304 g/mol. The molecule has 0 spiro atoms. The number of para-hydroxylation sites is 1. The number of nitrogens with one attached hydrogen (secondary N) is 1. The van der Waals surface area contributed by atoms with Crippen molar-refractivity contribution in [2.24, 2.45) is 0 Å². The van der Waals surface area contributed by atoms with E-state index in [1.165, 1.54) is 4.90 Å². The Kier molecular flexibility index (Phi) is 3.34. The number of hydrogen-bond acceptors (Lipinski definition) is 3. The van der Waals surface area contributed by atoms with Gasteiger partial charge in [-0.05, 0) is 23.8 Å².